The minimum absolute atomic E-state index is 0.150. The first-order valence-corrected chi connectivity index (χ1v) is 8.85. The first kappa shape index (κ1) is 15.7. The second kappa shape index (κ2) is 6.25. The van der Waals surface area contributed by atoms with Crippen molar-refractivity contribution >= 4 is 33.7 Å². The van der Waals surface area contributed by atoms with Crippen LogP contribution in [0.2, 0.25) is 0 Å². The highest BCUT2D eigenvalue weighted by Crippen LogP contribution is 2.33. The van der Waals surface area contributed by atoms with Gasteiger partial charge in [0.25, 0.3) is 5.56 Å². The van der Waals surface area contributed by atoms with Gasteiger partial charge in [-0.05, 0) is 48.9 Å². The highest BCUT2D eigenvalue weighted by Gasteiger charge is 2.19. The van der Waals surface area contributed by atoms with Crippen molar-refractivity contribution in [2.75, 3.05) is 0 Å². The van der Waals surface area contributed by atoms with E-state index in [1.165, 1.54) is 40.6 Å². The molecule has 0 unspecified atom stereocenters. The maximum atomic E-state index is 12.8. The van der Waals surface area contributed by atoms with Crippen LogP contribution in [-0.2, 0) is 12.8 Å². The minimum atomic E-state index is -0.975. The summed E-state index contributed by atoms with van der Waals surface area (Å²) < 4.78 is 1.25. The number of carboxylic acids is 1. The smallest absolute Gasteiger partial charge is 0.335 e. The van der Waals surface area contributed by atoms with Crippen molar-refractivity contribution in [2.24, 2.45) is 5.10 Å². The lowest BCUT2D eigenvalue weighted by Gasteiger charge is -2.09. The average molecular weight is 353 g/mol. The second-order valence-corrected chi connectivity index (χ2v) is 7.04. The summed E-state index contributed by atoms with van der Waals surface area (Å²) in [4.78, 5) is 30.1. The molecule has 1 aromatic carbocycles. The predicted octanol–water partition coefficient (Wildman–Crippen LogP) is 2.92. The van der Waals surface area contributed by atoms with Gasteiger partial charge in [-0.3, -0.25) is 4.79 Å². The molecule has 0 spiro atoms. The van der Waals surface area contributed by atoms with Crippen molar-refractivity contribution < 1.29 is 9.90 Å². The molecule has 0 fully saturated rings. The van der Waals surface area contributed by atoms with Gasteiger partial charge < -0.3 is 5.11 Å². The molecule has 4 rings (SSSR count). The predicted molar refractivity (Wildman–Crippen MR) is 96.9 cm³/mol. The molecule has 0 radical (unpaired) electrons. The molecule has 0 atom stereocenters. The molecule has 1 N–H and O–H groups in total. The Bertz CT molecular complexity index is 1050. The molecule has 0 amide bonds. The molecule has 3 aromatic rings. The van der Waals surface area contributed by atoms with Crippen molar-refractivity contribution in [3.63, 3.8) is 0 Å². The fraction of sp³-hybridized carbons (Fsp3) is 0.222. The molecule has 0 saturated heterocycles. The van der Waals surface area contributed by atoms with Crippen LogP contribution in [0.5, 0.6) is 0 Å². The van der Waals surface area contributed by atoms with E-state index in [9.17, 15) is 9.59 Å². The van der Waals surface area contributed by atoms with Gasteiger partial charge >= 0.3 is 5.97 Å². The SMILES string of the molecule is O=C(O)c1ccc(C=Nn2cnc3sc4c(c3c2=O)CCCC4)cc1. The van der Waals surface area contributed by atoms with E-state index in [1.807, 2.05) is 0 Å². The third-order valence-corrected chi connectivity index (χ3v) is 5.55. The highest BCUT2D eigenvalue weighted by atomic mass is 32.1. The van der Waals surface area contributed by atoms with Gasteiger partial charge in [-0.2, -0.15) is 9.78 Å². The number of thiophene rings is 1. The number of hydrogen-bond donors (Lipinski definition) is 1. The summed E-state index contributed by atoms with van der Waals surface area (Å²) >= 11 is 1.61. The molecule has 25 heavy (non-hydrogen) atoms. The molecule has 1 aliphatic rings. The Kier molecular flexibility index (Phi) is 3.93. The molecule has 0 aliphatic heterocycles. The van der Waals surface area contributed by atoms with Crippen LogP contribution in [0.3, 0.4) is 0 Å². The highest BCUT2D eigenvalue weighted by molar-refractivity contribution is 7.18. The average Bonchev–Trinajstić information content (AvgIpc) is 3.01. The van der Waals surface area contributed by atoms with Gasteiger partial charge in [0.1, 0.15) is 11.2 Å². The monoisotopic (exact) mass is 353 g/mol. The van der Waals surface area contributed by atoms with E-state index in [4.69, 9.17) is 5.11 Å². The third kappa shape index (κ3) is 2.87. The topological polar surface area (TPSA) is 84.5 Å². The summed E-state index contributed by atoms with van der Waals surface area (Å²) in [6.45, 7) is 0. The van der Waals surface area contributed by atoms with E-state index in [1.54, 1.807) is 23.5 Å². The lowest BCUT2D eigenvalue weighted by Crippen LogP contribution is -2.18. The number of aromatic carboxylic acids is 1. The fourth-order valence-electron chi connectivity index (χ4n) is 3.06. The Balaban J connectivity index is 1.70. The summed E-state index contributed by atoms with van der Waals surface area (Å²) in [5.41, 5.74) is 1.91. The molecule has 0 bridgehead atoms. The van der Waals surface area contributed by atoms with Gasteiger partial charge in [0.2, 0.25) is 0 Å². The fourth-order valence-corrected chi connectivity index (χ4v) is 4.28. The first-order chi connectivity index (χ1) is 12.1. The largest absolute Gasteiger partial charge is 0.478 e. The van der Waals surface area contributed by atoms with Crippen LogP contribution in [0.1, 0.15) is 39.2 Å². The Hall–Kier alpha value is -2.80. The maximum absolute atomic E-state index is 12.8. The molecular formula is C18H15N3O3S. The van der Waals surface area contributed by atoms with Gasteiger partial charge in [-0.1, -0.05) is 12.1 Å². The zero-order chi connectivity index (χ0) is 17.4. The van der Waals surface area contributed by atoms with Gasteiger partial charge in [-0.15, -0.1) is 11.3 Å². The van der Waals surface area contributed by atoms with Crippen molar-refractivity contribution in [1.82, 2.24) is 9.66 Å². The number of carboxylic acid groups (broad SMARTS) is 1. The van der Waals surface area contributed by atoms with Crippen LogP contribution >= 0.6 is 11.3 Å². The number of hydrogen-bond acceptors (Lipinski definition) is 5. The van der Waals surface area contributed by atoms with E-state index in [-0.39, 0.29) is 11.1 Å². The molecule has 0 saturated carbocycles. The Morgan fingerprint density at radius 2 is 2.00 bits per heavy atom. The van der Waals surface area contributed by atoms with Crippen molar-refractivity contribution in [3.8, 4) is 0 Å². The number of aryl methyl sites for hydroxylation is 2. The summed E-state index contributed by atoms with van der Waals surface area (Å²) in [6, 6.07) is 6.30. The Morgan fingerprint density at radius 1 is 1.24 bits per heavy atom. The van der Waals surface area contributed by atoms with Gasteiger partial charge in [0.15, 0.2) is 0 Å². The first-order valence-electron chi connectivity index (χ1n) is 8.03. The standard InChI is InChI=1S/C18H15N3O3S/c22-17-15-13-3-1-2-4-14(13)25-16(15)19-10-21(17)20-9-11-5-7-12(8-6-11)18(23)24/h5-10H,1-4H2,(H,23,24). The lowest BCUT2D eigenvalue weighted by molar-refractivity contribution is 0.0697. The molecule has 1 aliphatic carbocycles. The number of benzene rings is 1. The molecule has 126 valence electrons. The van der Waals surface area contributed by atoms with E-state index >= 15 is 0 Å². The zero-order valence-corrected chi connectivity index (χ0v) is 14.1. The number of rotatable bonds is 3. The molecular weight excluding hydrogens is 338 g/mol. The summed E-state index contributed by atoms with van der Waals surface area (Å²) in [6.07, 6.45) is 7.19. The summed E-state index contributed by atoms with van der Waals surface area (Å²) in [5, 5.41) is 13.8. The minimum Gasteiger partial charge on any atom is -0.478 e. The van der Waals surface area contributed by atoms with E-state index in [0.29, 0.717) is 10.9 Å². The van der Waals surface area contributed by atoms with Crippen LogP contribution in [-0.4, -0.2) is 27.0 Å². The number of fused-ring (bicyclic) bond motifs is 3. The molecule has 7 heteroatoms. The molecule has 2 aromatic heterocycles. The van der Waals surface area contributed by atoms with Gasteiger partial charge in [0.05, 0.1) is 17.2 Å². The molecule has 6 nitrogen and oxygen atoms in total. The third-order valence-electron chi connectivity index (χ3n) is 4.35. The van der Waals surface area contributed by atoms with E-state index in [2.05, 4.69) is 10.1 Å². The Labute approximate surface area is 147 Å². The Morgan fingerprint density at radius 3 is 2.76 bits per heavy atom. The van der Waals surface area contributed by atoms with Gasteiger partial charge in [-0.25, -0.2) is 9.78 Å². The van der Waals surface area contributed by atoms with Crippen molar-refractivity contribution in [3.05, 3.63) is 62.5 Å². The van der Waals surface area contributed by atoms with Crippen molar-refractivity contribution in [1.29, 1.82) is 0 Å². The number of carbonyl (C=O) groups is 1. The van der Waals surface area contributed by atoms with E-state index < -0.39 is 5.97 Å². The number of aromatic nitrogens is 2. The maximum Gasteiger partial charge on any atom is 0.335 e. The summed E-state index contributed by atoms with van der Waals surface area (Å²) in [7, 11) is 0. The van der Waals surface area contributed by atoms with E-state index in [0.717, 1.165) is 29.7 Å². The number of nitrogens with zero attached hydrogens (tertiary/aromatic N) is 3. The lowest BCUT2D eigenvalue weighted by atomic mass is 9.97. The van der Waals surface area contributed by atoms with Crippen LogP contribution < -0.4 is 5.56 Å². The quantitative estimate of drug-likeness (QED) is 0.734. The summed E-state index contributed by atoms with van der Waals surface area (Å²) in [5.74, 6) is -0.975. The van der Waals surface area contributed by atoms with Gasteiger partial charge in [0, 0.05) is 4.88 Å². The van der Waals surface area contributed by atoms with Crippen molar-refractivity contribution in [2.45, 2.75) is 25.7 Å². The second-order valence-electron chi connectivity index (χ2n) is 5.96. The van der Waals surface area contributed by atoms with Crippen LogP contribution in [0.15, 0.2) is 40.5 Å². The van der Waals surface area contributed by atoms with Crippen LogP contribution in [0, 0.1) is 0 Å². The van der Waals surface area contributed by atoms with Crippen LogP contribution in [0.25, 0.3) is 10.2 Å². The molecule has 2 heterocycles. The normalized spacial score (nSPS) is 14.1. The van der Waals surface area contributed by atoms with Crippen LogP contribution in [0.4, 0.5) is 0 Å². The zero-order valence-electron chi connectivity index (χ0n) is 13.3.